The summed E-state index contributed by atoms with van der Waals surface area (Å²) in [5.74, 6) is 0.754. The van der Waals surface area contributed by atoms with Gasteiger partial charge in [0, 0.05) is 31.8 Å². The van der Waals surface area contributed by atoms with Crippen molar-refractivity contribution in [1.29, 1.82) is 0 Å². The maximum Gasteiger partial charge on any atom is 0.261 e. The van der Waals surface area contributed by atoms with Gasteiger partial charge in [0.1, 0.15) is 0 Å². The molecule has 0 saturated heterocycles. The Morgan fingerprint density at radius 1 is 1.35 bits per heavy atom. The number of imidazole rings is 1. The van der Waals surface area contributed by atoms with E-state index in [2.05, 4.69) is 4.98 Å². The molecule has 2 rings (SSSR count). The van der Waals surface area contributed by atoms with Crippen LogP contribution in [0.4, 0.5) is 5.95 Å². The number of aromatic nitrogens is 2. The molecule has 0 unspecified atom stereocenters. The van der Waals surface area contributed by atoms with E-state index in [0.29, 0.717) is 5.52 Å². The highest BCUT2D eigenvalue weighted by atomic mass is 35.7. The van der Waals surface area contributed by atoms with Crippen molar-refractivity contribution in [1.82, 2.24) is 9.55 Å². The molecule has 5 nitrogen and oxygen atoms in total. The molecule has 92 valence electrons. The number of aryl methyl sites for hydroxylation is 1. The molecule has 0 aliphatic carbocycles. The summed E-state index contributed by atoms with van der Waals surface area (Å²) in [7, 11) is 7.21. The average molecular weight is 274 g/mol. The van der Waals surface area contributed by atoms with Crippen molar-refractivity contribution in [2.45, 2.75) is 4.90 Å². The van der Waals surface area contributed by atoms with Crippen LogP contribution in [0.1, 0.15) is 0 Å². The molecule has 0 amide bonds. The Hall–Kier alpha value is -1.27. The number of hydrogen-bond donors (Lipinski definition) is 0. The minimum atomic E-state index is -3.71. The number of nitrogens with zero attached hydrogens (tertiary/aromatic N) is 3. The molecule has 0 saturated carbocycles. The quantitative estimate of drug-likeness (QED) is 0.780. The number of benzene rings is 1. The highest BCUT2D eigenvalue weighted by molar-refractivity contribution is 8.13. The van der Waals surface area contributed by atoms with Crippen molar-refractivity contribution in [3.05, 3.63) is 18.2 Å². The van der Waals surface area contributed by atoms with Gasteiger partial charge in [0.05, 0.1) is 15.9 Å². The molecule has 2 aromatic rings. The maximum atomic E-state index is 11.2. The molecule has 7 heteroatoms. The number of hydrogen-bond acceptors (Lipinski definition) is 4. The molecular weight excluding hydrogens is 262 g/mol. The molecule has 0 bridgehead atoms. The lowest BCUT2D eigenvalue weighted by molar-refractivity contribution is 0.609. The Morgan fingerprint density at radius 2 is 2.00 bits per heavy atom. The standard InChI is InChI=1S/C10H12ClN3O2S/c1-13(2)10-12-8-6-7(17(11,15)16)4-5-9(8)14(10)3/h4-6H,1-3H3. The highest BCUT2D eigenvalue weighted by Gasteiger charge is 2.14. The van der Waals surface area contributed by atoms with Gasteiger partial charge in [-0.3, -0.25) is 0 Å². The first-order valence-corrected chi connectivity index (χ1v) is 7.20. The zero-order valence-corrected chi connectivity index (χ0v) is 11.2. The van der Waals surface area contributed by atoms with Gasteiger partial charge in [-0.05, 0) is 18.2 Å². The second-order valence-corrected chi connectivity index (χ2v) is 6.52. The summed E-state index contributed by atoms with van der Waals surface area (Å²) in [5.41, 5.74) is 1.47. The Bertz CT molecular complexity index is 676. The first-order chi connectivity index (χ1) is 7.80. The van der Waals surface area contributed by atoms with Crippen molar-refractivity contribution >= 4 is 36.7 Å². The first kappa shape index (κ1) is 12.2. The molecule has 17 heavy (non-hydrogen) atoms. The summed E-state index contributed by atoms with van der Waals surface area (Å²) in [6.45, 7) is 0. The van der Waals surface area contributed by atoms with Gasteiger partial charge in [0.2, 0.25) is 5.95 Å². The van der Waals surface area contributed by atoms with Crippen LogP contribution in [0.15, 0.2) is 23.1 Å². The third kappa shape index (κ3) is 2.10. The monoisotopic (exact) mass is 273 g/mol. The lowest BCUT2D eigenvalue weighted by Gasteiger charge is -2.10. The van der Waals surface area contributed by atoms with Crippen molar-refractivity contribution < 1.29 is 8.42 Å². The van der Waals surface area contributed by atoms with Crippen LogP contribution in [0.3, 0.4) is 0 Å². The molecule has 1 aromatic heterocycles. The van der Waals surface area contributed by atoms with Gasteiger partial charge in [0.25, 0.3) is 9.05 Å². The molecule has 0 fully saturated rings. The van der Waals surface area contributed by atoms with E-state index in [4.69, 9.17) is 10.7 Å². The van der Waals surface area contributed by atoms with E-state index in [1.165, 1.54) is 12.1 Å². The number of rotatable bonds is 2. The van der Waals surface area contributed by atoms with E-state index in [-0.39, 0.29) is 4.90 Å². The maximum absolute atomic E-state index is 11.2. The zero-order chi connectivity index (χ0) is 12.8. The smallest absolute Gasteiger partial charge is 0.261 e. The van der Waals surface area contributed by atoms with Gasteiger partial charge < -0.3 is 9.47 Å². The van der Waals surface area contributed by atoms with E-state index < -0.39 is 9.05 Å². The molecule has 1 heterocycles. The molecule has 0 aliphatic rings. The predicted molar refractivity (Wildman–Crippen MR) is 68.1 cm³/mol. The molecule has 0 aliphatic heterocycles. The molecule has 0 N–H and O–H groups in total. The van der Waals surface area contributed by atoms with Crippen LogP contribution in [0.5, 0.6) is 0 Å². The average Bonchev–Trinajstić information content (AvgIpc) is 2.54. The second-order valence-electron chi connectivity index (χ2n) is 3.95. The Balaban J connectivity index is 2.72. The Kier molecular flexibility index (Phi) is 2.79. The summed E-state index contributed by atoms with van der Waals surface area (Å²) in [4.78, 5) is 6.27. The molecule has 1 aromatic carbocycles. The van der Waals surface area contributed by atoms with Crippen LogP contribution in [0.25, 0.3) is 11.0 Å². The normalized spacial score (nSPS) is 12.0. The van der Waals surface area contributed by atoms with Crippen LogP contribution < -0.4 is 4.90 Å². The zero-order valence-electron chi connectivity index (χ0n) is 9.68. The van der Waals surface area contributed by atoms with Crippen LogP contribution in [0.2, 0.25) is 0 Å². The van der Waals surface area contributed by atoms with E-state index in [1.54, 1.807) is 6.07 Å². The van der Waals surface area contributed by atoms with Gasteiger partial charge in [-0.15, -0.1) is 0 Å². The SMILES string of the molecule is CN(C)c1nc2cc(S(=O)(=O)Cl)ccc2n1C. The van der Waals surface area contributed by atoms with Gasteiger partial charge >= 0.3 is 0 Å². The molecule has 0 atom stereocenters. The van der Waals surface area contributed by atoms with E-state index in [1.807, 2.05) is 30.6 Å². The minimum Gasteiger partial charge on any atom is -0.348 e. The first-order valence-electron chi connectivity index (χ1n) is 4.89. The molecule has 0 radical (unpaired) electrons. The van der Waals surface area contributed by atoms with E-state index in [0.717, 1.165) is 11.5 Å². The van der Waals surface area contributed by atoms with E-state index >= 15 is 0 Å². The lowest BCUT2D eigenvalue weighted by atomic mass is 10.3. The Morgan fingerprint density at radius 3 is 2.53 bits per heavy atom. The van der Waals surface area contributed by atoms with E-state index in [9.17, 15) is 8.42 Å². The lowest BCUT2D eigenvalue weighted by Crippen LogP contribution is -2.13. The summed E-state index contributed by atoms with van der Waals surface area (Å²) in [5, 5.41) is 0. The summed E-state index contributed by atoms with van der Waals surface area (Å²) >= 11 is 0. The number of anilines is 1. The molecule has 0 spiro atoms. The third-order valence-corrected chi connectivity index (χ3v) is 3.86. The van der Waals surface area contributed by atoms with Crippen molar-refractivity contribution in [3.63, 3.8) is 0 Å². The Labute approximate surface area is 104 Å². The highest BCUT2D eigenvalue weighted by Crippen LogP contribution is 2.24. The summed E-state index contributed by atoms with van der Waals surface area (Å²) < 4.78 is 24.3. The second kappa shape index (κ2) is 3.89. The summed E-state index contributed by atoms with van der Waals surface area (Å²) in [6.07, 6.45) is 0. The van der Waals surface area contributed by atoms with Gasteiger partial charge in [0.15, 0.2) is 0 Å². The van der Waals surface area contributed by atoms with Crippen LogP contribution >= 0.6 is 10.7 Å². The predicted octanol–water partition coefficient (Wildman–Crippen LogP) is 1.57. The van der Waals surface area contributed by atoms with Gasteiger partial charge in [-0.25, -0.2) is 13.4 Å². The van der Waals surface area contributed by atoms with Crippen LogP contribution in [0, 0.1) is 0 Å². The topological polar surface area (TPSA) is 55.2 Å². The van der Waals surface area contributed by atoms with Crippen molar-refractivity contribution in [2.24, 2.45) is 7.05 Å². The third-order valence-electron chi connectivity index (χ3n) is 2.51. The van der Waals surface area contributed by atoms with Crippen LogP contribution in [-0.4, -0.2) is 32.1 Å². The van der Waals surface area contributed by atoms with Gasteiger partial charge in [-0.1, -0.05) is 0 Å². The fourth-order valence-electron chi connectivity index (χ4n) is 1.72. The number of fused-ring (bicyclic) bond motifs is 1. The fourth-order valence-corrected chi connectivity index (χ4v) is 2.49. The largest absolute Gasteiger partial charge is 0.348 e. The fraction of sp³-hybridized carbons (Fsp3) is 0.300. The van der Waals surface area contributed by atoms with Crippen molar-refractivity contribution in [3.8, 4) is 0 Å². The minimum absolute atomic E-state index is 0.0649. The van der Waals surface area contributed by atoms with Gasteiger partial charge in [-0.2, -0.15) is 0 Å². The van der Waals surface area contributed by atoms with Crippen LogP contribution in [-0.2, 0) is 16.1 Å². The number of halogens is 1. The van der Waals surface area contributed by atoms with Crippen molar-refractivity contribution in [2.75, 3.05) is 19.0 Å². The molecular formula is C10H12ClN3O2S. The summed E-state index contributed by atoms with van der Waals surface area (Å²) in [6, 6.07) is 4.65.